The fourth-order valence-electron chi connectivity index (χ4n) is 2.92. The van der Waals surface area contributed by atoms with E-state index in [0.29, 0.717) is 23.2 Å². The molecule has 0 radical (unpaired) electrons. The third-order valence-electron chi connectivity index (χ3n) is 4.18. The Hall–Kier alpha value is -2.80. The summed E-state index contributed by atoms with van der Waals surface area (Å²) in [4.78, 5) is 12.5. The zero-order valence-corrected chi connectivity index (χ0v) is 16.1. The van der Waals surface area contributed by atoms with Crippen molar-refractivity contribution in [1.82, 2.24) is 0 Å². The predicted octanol–water partition coefficient (Wildman–Crippen LogP) is 3.98. The molecule has 27 heavy (non-hydrogen) atoms. The van der Waals surface area contributed by atoms with Gasteiger partial charge in [-0.2, -0.15) is 0 Å². The standard InChI is InChI=1S/C20H22N2O4S/c1-3-7-14-10-12-15(13-11-14)27(24,25)22-19-18(21-4-2)16-8-5-6-9-17(16)26-20(19)23/h5-6,8-13,21-22H,3-4,7H2,1-2H3. The molecule has 0 amide bonds. The van der Waals surface area contributed by atoms with Gasteiger partial charge in [0.15, 0.2) is 5.69 Å². The molecule has 6 nitrogen and oxygen atoms in total. The summed E-state index contributed by atoms with van der Waals surface area (Å²) in [5.41, 5.74) is 1.01. The van der Waals surface area contributed by atoms with Crippen molar-refractivity contribution in [2.45, 2.75) is 31.6 Å². The average molecular weight is 386 g/mol. The normalized spacial score (nSPS) is 11.5. The van der Waals surface area contributed by atoms with Crippen LogP contribution in [0.4, 0.5) is 11.4 Å². The summed E-state index contributed by atoms with van der Waals surface area (Å²) in [6.07, 6.45) is 1.86. The van der Waals surface area contributed by atoms with E-state index in [2.05, 4.69) is 17.0 Å². The first-order chi connectivity index (χ1) is 13.0. The van der Waals surface area contributed by atoms with Crippen LogP contribution >= 0.6 is 0 Å². The maximum absolute atomic E-state index is 12.8. The Morgan fingerprint density at radius 3 is 2.33 bits per heavy atom. The Morgan fingerprint density at radius 2 is 1.67 bits per heavy atom. The summed E-state index contributed by atoms with van der Waals surface area (Å²) in [5, 5.41) is 3.71. The first-order valence-electron chi connectivity index (χ1n) is 8.87. The van der Waals surface area contributed by atoms with Gasteiger partial charge in [-0.05, 0) is 43.2 Å². The molecule has 0 saturated carbocycles. The SMILES string of the molecule is CCCc1ccc(S(=O)(=O)Nc2c(NCC)c3ccccc3oc2=O)cc1. The molecule has 3 aromatic rings. The number of fused-ring (bicyclic) bond motifs is 1. The lowest BCUT2D eigenvalue weighted by Crippen LogP contribution is -2.20. The molecule has 2 N–H and O–H groups in total. The fourth-order valence-corrected chi connectivity index (χ4v) is 3.99. The van der Waals surface area contributed by atoms with E-state index in [9.17, 15) is 13.2 Å². The summed E-state index contributed by atoms with van der Waals surface area (Å²) in [6.45, 7) is 4.45. The van der Waals surface area contributed by atoms with E-state index in [1.807, 2.05) is 6.92 Å². The Labute approximate surface area is 158 Å². The van der Waals surface area contributed by atoms with E-state index in [1.54, 1.807) is 48.5 Å². The molecule has 0 atom stereocenters. The lowest BCUT2D eigenvalue weighted by Gasteiger charge is -2.14. The van der Waals surface area contributed by atoms with Gasteiger partial charge in [-0.15, -0.1) is 0 Å². The Morgan fingerprint density at radius 1 is 0.963 bits per heavy atom. The lowest BCUT2D eigenvalue weighted by atomic mass is 10.1. The van der Waals surface area contributed by atoms with Gasteiger partial charge in [-0.3, -0.25) is 4.72 Å². The number of aryl methyl sites for hydroxylation is 1. The molecule has 0 saturated heterocycles. The first kappa shape index (κ1) is 19.0. The van der Waals surface area contributed by atoms with Crippen LogP contribution in [0.5, 0.6) is 0 Å². The summed E-state index contributed by atoms with van der Waals surface area (Å²) in [5.74, 6) is 0. The second-order valence-electron chi connectivity index (χ2n) is 6.17. The van der Waals surface area contributed by atoms with Crippen LogP contribution < -0.4 is 15.7 Å². The number of anilines is 2. The van der Waals surface area contributed by atoms with Gasteiger partial charge in [0.25, 0.3) is 10.0 Å². The Bertz CT molecular complexity index is 1100. The molecule has 2 aromatic carbocycles. The van der Waals surface area contributed by atoms with Crippen LogP contribution in [0.15, 0.2) is 62.6 Å². The molecule has 142 valence electrons. The maximum Gasteiger partial charge on any atom is 0.363 e. The smallest absolute Gasteiger partial charge is 0.363 e. The largest absolute Gasteiger partial charge is 0.421 e. The third-order valence-corrected chi connectivity index (χ3v) is 5.54. The molecule has 0 aliphatic carbocycles. The van der Waals surface area contributed by atoms with Crippen molar-refractivity contribution in [3.05, 3.63) is 64.5 Å². The Kier molecular flexibility index (Phi) is 5.51. The highest BCUT2D eigenvalue weighted by molar-refractivity contribution is 7.92. The molecule has 3 rings (SSSR count). The summed E-state index contributed by atoms with van der Waals surface area (Å²) < 4.78 is 33.3. The summed E-state index contributed by atoms with van der Waals surface area (Å²) >= 11 is 0. The number of hydrogen-bond donors (Lipinski definition) is 2. The molecule has 0 bridgehead atoms. The number of benzene rings is 2. The number of para-hydroxylation sites is 1. The van der Waals surface area contributed by atoms with E-state index in [4.69, 9.17) is 4.42 Å². The second-order valence-corrected chi connectivity index (χ2v) is 7.85. The molecule has 0 aliphatic heterocycles. The van der Waals surface area contributed by atoms with Crippen LogP contribution in [0.25, 0.3) is 11.0 Å². The van der Waals surface area contributed by atoms with Crippen LogP contribution in [0, 0.1) is 0 Å². The monoisotopic (exact) mass is 386 g/mol. The van der Waals surface area contributed by atoms with Gasteiger partial charge in [0.1, 0.15) is 5.58 Å². The van der Waals surface area contributed by atoms with Gasteiger partial charge >= 0.3 is 5.63 Å². The zero-order valence-electron chi connectivity index (χ0n) is 15.3. The number of rotatable bonds is 7. The number of sulfonamides is 1. The minimum absolute atomic E-state index is 0.0948. The summed E-state index contributed by atoms with van der Waals surface area (Å²) in [6, 6.07) is 13.6. The van der Waals surface area contributed by atoms with Crippen molar-refractivity contribution in [1.29, 1.82) is 0 Å². The van der Waals surface area contributed by atoms with Crippen molar-refractivity contribution >= 4 is 32.4 Å². The molecular weight excluding hydrogens is 364 g/mol. The first-order valence-corrected chi connectivity index (χ1v) is 10.4. The van der Waals surface area contributed by atoms with Gasteiger partial charge in [0, 0.05) is 11.9 Å². The van der Waals surface area contributed by atoms with Crippen LogP contribution in [0.1, 0.15) is 25.8 Å². The number of nitrogens with one attached hydrogen (secondary N) is 2. The minimum atomic E-state index is -3.93. The van der Waals surface area contributed by atoms with Crippen LogP contribution in [-0.2, 0) is 16.4 Å². The number of hydrogen-bond acceptors (Lipinski definition) is 5. The topological polar surface area (TPSA) is 88.4 Å². The third kappa shape index (κ3) is 3.98. The molecular formula is C20H22N2O4S. The Balaban J connectivity index is 2.05. The molecule has 0 unspecified atom stereocenters. The molecule has 7 heteroatoms. The average Bonchev–Trinajstić information content (AvgIpc) is 2.65. The van der Waals surface area contributed by atoms with Crippen molar-refractivity contribution < 1.29 is 12.8 Å². The molecule has 0 spiro atoms. The highest BCUT2D eigenvalue weighted by atomic mass is 32.2. The predicted molar refractivity (Wildman–Crippen MR) is 108 cm³/mol. The van der Waals surface area contributed by atoms with Gasteiger partial charge < -0.3 is 9.73 Å². The highest BCUT2D eigenvalue weighted by Gasteiger charge is 2.21. The fraction of sp³-hybridized carbons (Fsp3) is 0.250. The van der Waals surface area contributed by atoms with Crippen LogP contribution in [0.2, 0.25) is 0 Å². The van der Waals surface area contributed by atoms with Crippen LogP contribution in [0.3, 0.4) is 0 Å². The quantitative estimate of drug-likeness (QED) is 0.600. The lowest BCUT2D eigenvalue weighted by molar-refractivity contribution is 0.563. The van der Waals surface area contributed by atoms with E-state index in [1.165, 1.54) is 0 Å². The van der Waals surface area contributed by atoms with E-state index < -0.39 is 15.6 Å². The van der Waals surface area contributed by atoms with Gasteiger partial charge in [0.2, 0.25) is 0 Å². The summed E-state index contributed by atoms with van der Waals surface area (Å²) in [7, 11) is -3.93. The molecule has 0 aliphatic rings. The van der Waals surface area contributed by atoms with Gasteiger partial charge in [-0.25, -0.2) is 13.2 Å². The van der Waals surface area contributed by atoms with E-state index in [0.717, 1.165) is 18.4 Å². The highest BCUT2D eigenvalue weighted by Crippen LogP contribution is 2.30. The molecule has 1 heterocycles. The van der Waals surface area contributed by atoms with Crippen LogP contribution in [-0.4, -0.2) is 15.0 Å². The minimum Gasteiger partial charge on any atom is -0.421 e. The van der Waals surface area contributed by atoms with Crippen molar-refractivity contribution in [2.75, 3.05) is 16.6 Å². The van der Waals surface area contributed by atoms with Crippen molar-refractivity contribution in [2.24, 2.45) is 0 Å². The zero-order chi connectivity index (χ0) is 19.4. The maximum atomic E-state index is 12.8. The van der Waals surface area contributed by atoms with Crippen molar-refractivity contribution in [3.63, 3.8) is 0 Å². The van der Waals surface area contributed by atoms with Gasteiger partial charge in [-0.1, -0.05) is 37.6 Å². The van der Waals surface area contributed by atoms with Crippen molar-refractivity contribution in [3.8, 4) is 0 Å². The van der Waals surface area contributed by atoms with E-state index >= 15 is 0 Å². The van der Waals surface area contributed by atoms with E-state index in [-0.39, 0.29) is 10.6 Å². The second kappa shape index (κ2) is 7.84. The molecule has 0 fully saturated rings. The molecule has 1 aromatic heterocycles. The van der Waals surface area contributed by atoms with Gasteiger partial charge in [0.05, 0.1) is 10.6 Å².